The highest BCUT2D eigenvalue weighted by Crippen LogP contribution is 2.43. The number of fused-ring (bicyclic) bond motifs is 2. The van der Waals surface area contributed by atoms with Crippen LogP contribution in [0.1, 0.15) is 38.8 Å². The van der Waals surface area contributed by atoms with E-state index in [0.717, 1.165) is 44.5 Å². The van der Waals surface area contributed by atoms with Gasteiger partial charge in [-0.1, -0.05) is 82.3 Å². The Bertz CT molecular complexity index is 2180. The first-order chi connectivity index (χ1) is 21.5. The Balaban J connectivity index is 1.61. The highest BCUT2D eigenvalue weighted by molar-refractivity contribution is 7.89. The summed E-state index contributed by atoms with van der Waals surface area (Å²) in [6, 6.07) is 35.5. The molecule has 0 saturated heterocycles. The number of aryl methyl sites for hydroxylation is 1. The van der Waals surface area contributed by atoms with Gasteiger partial charge >= 0.3 is 0 Å². The second-order valence-corrected chi connectivity index (χ2v) is 14.0. The molecule has 4 aromatic rings. The van der Waals surface area contributed by atoms with Crippen LogP contribution in [0, 0.1) is 6.92 Å². The standard InChI is InChI=1S/C38H37N3O3S/c1-6-39-45(42,43)36-18-12-8-14-30(36)37-28-21-19-26(40-32-16-10-7-13-25(32)2)23-34(28)44-35-24-27(20-22-29(35)37)41-33-17-11-9-15-31(33)38(3,4)5/h7-24,39,41H,6H2,1-5H3/p+1. The maximum atomic E-state index is 13.4. The molecule has 228 valence electrons. The number of rotatable bonds is 7. The van der Waals surface area contributed by atoms with Crippen LogP contribution in [-0.4, -0.2) is 15.0 Å². The van der Waals surface area contributed by atoms with Crippen molar-refractivity contribution < 1.29 is 17.8 Å². The van der Waals surface area contributed by atoms with Crippen molar-refractivity contribution in [3.8, 4) is 22.5 Å². The summed E-state index contributed by atoms with van der Waals surface area (Å²) in [5.41, 5.74) is 8.05. The molecular formula is C38H38N3O3S+. The summed E-state index contributed by atoms with van der Waals surface area (Å²) in [4.78, 5) is 3.74. The van der Waals surface area contributed by atoms with E-state index in [4.69, 9.17) is 4.42 Å². The minimum atomic E-state index is -3.75. The Morgan fingerprint density at radius 2 is 1.53 bits per heavy atom. The second-order valence-electron chi connectivity index (χ2n) is 12.3. The van der Waals surface area contributed by atoms with Crippen molar-refractivity contribution in [2.75, 3.05) is 11.9 Å². The lowest BCUT2D eigenvalue weighted by Crippen LogP contribution is -2.70. The van der Waals surface area contributed by atoms with E-state index in [1.54, 1.807) is 19.1 Å². The lowest BCUT2D eigenvalue weighted by molar-refractivity contribution is -0.403. The minimum Gasteiger partial charge on any atom is -0.456 e. The summed E-state index contributed by atoms with van der Waals surface area (Å²) in [5.74, 6) is 0.638. The molecule has 3 N–H and O–H groups in total. The first kappa shape index (κ1) is 30.3. The monoisotopic (exact) mass is 616 g/mol. The van der Waals surface area contributed by atoms with Crippen molar-refractivity contribution in [1.29, 1.82) is 0 Å². The number of benzene rings is 5. The van der Waals surface area contributed by atoms with Gasteiger partial charge in [-0.05, 0) is 48.2 Å². The molecule has 7 heteroatoms. The van der Waals surface area contributed by atoms with Crippen LogP contribution < -0.4 is 20.4 Å². The fourth-order valence-corrected chi connectivity index (χ4v) is 7.03. The van der Waals surface area contributed by atoms with Crippen LogP contribution >= 0.6 is 0 Å². The quantitative estimate of drug-likeness (QED) is 0.166. The molecule has 0 spiro atoms. The topological polar surface area (TPSA) is 85.3 Å². The average Bonchev–Trinajstić information content (AvgIpc) is 3.01. The van der Waals surface area contributed by atoms with Gasteiger partial charge in [0.25, 0.3) is 0 Å². The molecule has 0 radical (unpaired) electrons. The van der Waals surface area contributed by atoms with E-state index in [-0.39, 0.29) is 10.3 Å². The zero-order chi connectivity index (χ0) is 31.8. The molecule has 0 amide bonds. The van der Waals surface area contributed by atoms with Crippen LogP contribution in [0.3, 0.4) is 0 Å². The number of anilines is 2. The Hall–Kier alpha value is -4.72. The molecule has 0 saturated carbocycles. The summed E-state index contributed by atoms with van der Waals surface area (Å²) in [6.07, 6.45) is 0. The Kier molecular flexibility index (Phi) is 8.08. The van der Waals surface area contributed by atoms with Gasteiger partial charge in [-0.2, -0.15) is 0 Å². The molecule has 45 heavy (non-hydrogen) atoms. The van der Waals surface area contributed by atoms with Crippen molar-refractivity contribution in [1.82, 2.24) is 4.72 Å². The van der Waals surface area contributed by atoms with Gasteiger partial charge in [0.15, 0.2) is 0 Å². The zero-order valence-corrected chi connectivity index (χ0v) is 27.0. The molecule has 1 aliphatic heterocycles. The smallest absolute Gasteiger partial charge is 0.241 e. The molecule has 4 aromatic carbocycles. The predicted octanol–water partition coefficient (Wildman–Crippen LogP) is 7.17. The van der Waals surface area contributed by atoms with Gasteiger partial charge in [-0.3, -0.25) is 0 Å². The maximum absolute atomic E-state index is 13.4. The molecule has 2 aliphatic rings. The van der Waals surface area contributed by atoms with Crippen LogP contribution in [0.15, 0.2) is 119 Å². The Morgan fingerprint density at radius 1 is 0.800 bits per heavy atom. The van der Waals surface area contributed by atoms with Gasteiger partial charge < -0.3 is 9.73 Å². The van der Waals surface area contributed by atoms with E-state index in [1.807, 2.05) is 72.8 Å². The van der Waals surface area contributed by atoms with Crippen LogP contribution in [0.25, 0.3) is 33.4 Å². The molecule has 0 aromatic heterocycles. The van der Waals surface area contributed by atoms with Crippen LogP contribution in [0.2, 0.25) is 0 Å². The normalized spacial score (nSPS) is 12.6. The number of hydrogen-bond acceptors (Lipinski definition) is 4. The van der Waals surface area contributed by atoms with E-state index in [9.17, 15) is 8.42 Å². The predicted molar refractivity (Wildman–Crippen MR) is 182 cm³/mol. The molecule has 0 fully saturated rings. The van der Waals surface area contributed by atoms with Crippen LogP contribution in [0.4, 0.5) is 17.1 Å². The summed E-state index contributed by atoms with van der Waals surface area (Å²) < 4.78 is 36.1. The van der Waals surface area contributed by atoms with Crippen molar-refractivity contribution in [2.45, 2.75) is 44.9 Å². The fourth-order valence-electron chi connectivity index (χ4n) is 5.78. The van der Waals surface area contributed by atoms with Crippen molar-refractivity contribution in [3.63, 3.8) is 0 Å². The van der Waals surface area contributed by atoms with Gasteiger partial charge in [-0.25, -0.2) is 18.1 Å². The van der Waals surface area contributed by atoms with Crippen molar-refractivity contribution in [3.05, 3.63) is 126 Å². The van der Waals surface area contributed by atoms with E-state index < -0.39 is 10.0 Å². The second kappa shape index (κ2) is 12.0. The fraction of sp³-hybridized carbons (Fsp3) is 0.184. The lowest BCUT2D eigenvalue weighted by Gasteiger charge is -2.23. The van der Waals surface area contributed by atoms with Gasteiger partial charge in [-0.15, -0.1) is 0 Å². The number of hydrogen-bond donors (Lipinski definition) is 3. The van der Waals surface area contributed by atoms with E-state index in [2.05, 4.69) is 67.0 Å². The molecule has 6 rings (SSSR count). The van der Waals surface area contributed by atoms with Crippen LogP contribution in [0.5, 0.6) is 0 Å². The lowest BCUT2D eigenvalue weighted by atomic mass is 9.86. The zero-order valence-electron chi connectivity index (χ0n) is 26.2. The summed E-state index contributed by atoms with van der Waals surface area (Å²) in [5, 5.41) is 5.29. The highest BCUT2D eigenvalue weighted by atomic mass is 32.2. The Labute approximate surface area is 264 Å². The third-order valence-electron chi connectivity index (χ3n) is 7.94. The Morgan fingerprint density at radius 3 is 2.31 bits per heavy atom. The maximum Gasteiger partial charge on any atom is 0.241 e. The molecule has 0 unspecified atom stereocenters. The first-order valence-corrected chi connectivity index (χ1v) is 16.7. The SMILES string of the molecule is CCNS(=O)(=O)c1ccccc1-c1c2ccc(=[NH+]c3ccccc3C)cc-2oc2cc(Nc3ccccc3C(C)(C)C)ccc12. The van der Waals surface area contributed by atoms with E-state index in [0.29, 0.717) is 23.5 Å². The van der Waals surface area contributed by atoms with E-state index >= 15 is 0 Å². The molecule has 6 nitrogen and oxygen atoms in total. The third-order valence-corrected chi connectivity index (χ3v) is 9.54. The molecular weight excluding hydrogens is 579 g/mol. The minimum absolute atomic E-state index is 0.0452. The van der Waals surface area contributed by atoms with Gasteiger partial charge in [0.2, 0.25) is 21.1 Å². The number of sulfonamides is 1. The van der Waals surface area contributed by atoms with Crippen LogP contribution in [-0.2, 0) is 15.4 Å². The van der Waals surface area contributed by atoms with Gasteiger partial charge in [0.1, 0.15) is 11.3 Å². The highest BCUT2D eigenvalue weighted by Gasteiger charge is 2.25. The largest absolute Gasteiger partial charge is 0.456 e. The number of para-hydroxylation sites is 2. The molecule has 1 aliphatic carbocycles. The van der Waals surface area contributed by atoms with Crippen molar-refractivity contribution in [2.24, 2.45) is 0 Å². The first-order valence-electron chi connectivity index (χ1n) is 15.2. The van der Waals surface area contributed by atoms with Gasteiger partial charge in [0.05, 0.1) is 11.0 Å². The summed E-state index contributed by atoms with van der Waals surface area (Å²) in [6.45, 7) is 10.7. The van der Waals surface area contributed by atoms with Crippen molar-refractivity contribution >= 4 is 38.1 Å². The average molecular weight is 617 g/mol. The molecule has 0 bridgehead atoms. The summed E-state index contributed by atoms with van der Waals surface area (Å²) in [7, 11) is -3.75. The third kappa shape index (κ3) is 6.14. The van der Waals surface area contributed by atoms with E-state index in [1.165, 1.54) is 5.56 Å². The number of nitrogens with one attached hydrogen (secondary N) is 3. The van der Waals surface area contributed by atoms with Gasteiger partial charge in [0, 0.05) is 63.8 Å². The summed E-state index contributed by atoms with van der Waals surface area (Å²) >= 11 is 0. The molecule has 1 heterocycles. The molecule has 0 atom stereocenters.